The van der Waals surface area contributed by atoms with E-state index in [1.165, 1.54) is 18.4 Å². The zero-order valence-electron chi connectivity index (χ0n) is 11.8. The molecule has 0 aliphatic heterocycles. The molecule has 1 atom stereocenters. The third-order valence-electron chi connectivity index (χ3n) is 3.52. The third-order valence-corrected chi connectivity index (χ3v) is 3.52. The van der Waals surface area contributed by atoms with Gasteiger partial charge in [-0.05, 0) is 32.4 Å². The number of hydrogen-bond donors (Lipinski definition) is 1. The first-order chi connectivity index (χ1) is 9.27. The highest BCUT2D eigenvalue weighted by Gasteiger charge is 2.31. The van der Waals surface area contributed by atoms with Gasteiger partial charge in [0.05, 0.1) is 12.5 Å². The average molecular weight is 258 g/mol. The van der Waals surface area contributed by atoms with Gasteiger partial charge in [0.25, 0.3) is 0 Å². The molecule has 1 aromatic heterocycles. The Morgan fingerprint density at radius 2 is 2.37 bits per heavy atom. The second-order valence-electron chi connectivity index (χ2n) is 5.03. The van der Waals surface area contributed by atoms with E-state index in [4.69, 9.17) is 5.26 Å². The molecule has 1 aliphatic carbocycles. The molecule has 1 aromatic rings. The van der Waals surface area contributed by atoms with Crippen molar-refractivity contribution in [2.24, 2.45) is 0 Å². The number of anilines is 1. The minimum Gasteiger partial charge on any atom is -0.352 e. The van der Waals surface area contributed by atoms with Crippen LogP contribution in [0.2, 0.25) is 0 Å². The first kappa shape index (κ1) is 13.8. The van der Waals surface area contributed by atoms with Crippen molar-refractivity contribution in [3.8, 4) is 6.07 Å². The summed E-state index contributed by atoms with van der Waals surface area (Å²) in [5.74, 6) is 1.05. The summed E-state index contributed by atoms with van der Waals surface area (Å²) in [7, 11) is 0. The summed E-state index contributed by atoms with van der Waals surface area (Å²) in [5.41, 5.74) is 1.23. The maximum Gasteiger partial charge on any atom is 0.133 e. The largest absolute Gasteiger partial charge is 0.352 e. The van der Waals surface area contributed by atoms with Gasteiger partial charge >= 0.3 is 0 Å². The number of rotatable bonds is 7. The number of pyridine rings is 1. The Morgan fingerprint density at radius 1 is 1.58 bits per heavy atom. The molecule has 102 valence electrons. The SMILES string of the molecule is CCNC(C)c1cccnc1N(CCC#N)C1CC1. The molecule has 1 aliphatic rings. The molecule has 1 saturated carbocycles. The van der Waals surface area contributed by atoms with Gasteiger partial charge in [0.1, 0.15) is 5.82 Å². The Kier molecular flexibility index (Phi) is 4.75. The Morgan fingerprint density at radius 3 is 3.00 bits per heavy atom. The standard InChI is InChI=1S/C15H22N4/c1-3-17-12(2)14-6-4-10-18-15(14)19(11-5-9-16)13-7-8-13/h4,6,10,12-13,17H,3,5,7-8,11H2,1-2H3. The molecule has 2 rings (SSSR count). The molecule has 0 saturated heterocycles. The molecule has 0 bridgehead atoms. The molecule has 19 heavy (non-hydrogen) atoms. The lowest BCUT2D eigenvalue weighted by Crippen LogP contribution is -2.30. The quantitative estimate of drug-likeness (QED) is 0.817. The maximum atomic E-state index is 8.82. The minimum absolute atomic E-state index is 0.289. The van der Waals surface area contributed by atoms with Crippen LogP contribution < -0.4 is 10.2 Å². The second kappa shape index (κ2) is 6.53. The van der Waals surface area contributed by atoms with Crippen molar-refractivity contribution >= 4 is 5.82 Å². The molecule has 4 nitrogen and oxygen atoms in total. The number of nitrogens with one attached hydrogen (secondary N) is 1. The van der Waals surface area contributed by atoms with Crippen molar-refractivity contribution in [2.75, 3.05) is 18.0 Å². The van der Waals surface area contributed by atoms with E-state index in [1.807, 2.05) is 12.3 Å². The number of hydrogen-bond acceptors (Lipinski definition) is 4. The van der Waals surface area contributed by atoms with Gasteiger partial charge in [-0.1, -0.05) is 13.0 Å². The molecular formula is C15H22N4. The van der Waals surface area contributed by atoms with E-state index in [9.17, 15) is 0 Å². The van der Waals surface area contributed by atoms with Gasteiger partial charge in [0.2, 0.25) is 0 Å². The molecule has 0 radical (unpaired) electrons. The van der Waals surface area contributed by atoms with Crippen molar-refractivity contribution in [3.63, 3.8) is 0 Å². The first-order valence-electron chi connectivity index (χ1n) is 7.09. The van der Waals surface area contributed by atoms with Gasteiger partial charge in [0.15, 0.2) is 0 Å². The van der Waals surface area contributed by atoms with Gasteiger partial charge in [-0.3, -0.25) is 0 Å². The fourth-order valence-electron chi connectivity index (χ4n) is 2.42. The highest BCUT2D eigenvalue weighted by Crippen LogP contribution is 2.34. The molecule has 0 aromatic carbocycles. The van der Waals surface area contributed by atoms with Crippen molar-refractivity contribution < 1.29 is 0 Å². The Balaban J connectivity index is 2.23. The Bertz CT molecular complexity index is 448. The van der Waals surface area contributed by atoms with Crippen LogP contribution in [0, 0.1) is 11.3 Å². The Labute approximate surface area is 115 Å². The average Bonchev–Trinajstić information content (AvgIpc) is 3.25. The fourth-order valence-corrected chi connectivity index (χ4v) is 2.42. The summed E-state index contributed by atoms with van der Waals surface area (Å²) < 4.78 is 0. The van der Waals surface area contributed by atoms with Crippen molar-refractivity contribution in [2.45, 2.75) is 45.2 Å². The molecule has 1 N–H and O–H groups in total. The van der Waals surface area contributed by atoms with Crippen LogP contribution in [-0.4, -0.2) is 24.1 Å². The van der Waals surface area contributed by atoms with Gasteiger partial charge < -0.3 is 10.2 Å². The monoisotopic (exact) mass is 258 g/mol. The van der Waals surface area contributed by atoms with Crippen LogP contribution in [-0.2, 0) is 0 Å². The van der Waals surface area contributed by atoms with Crippen LogP contribution in [0.1, 0.15) is 44.7 Å². The lowest BCUT2D eigenvalue weighted by atomic mass is 10.1. The summed E-state index contributed by atoms with van der Waals surface area (Å²) in [4.78, 5) is 6.88. The number of nitrogens with zero attached hydrogens (tertiary/aromatic N) is 3. The smallest absolute Gasteiger partial charge is 0.133 e. The van der Waals surface area contributed by atoms with Gasteiger partial charge in [-0.2, -0.15) is 5.26 Å². The van der Waals surface area contributed by atoms with Crippen LogP contribution in [0.15, 0.2) is 18.3 Å². The third kappa shape index (κ3) is 3.45. The van der Waals surface area contributed by atoms with E-state index < -0.39 is 0 Å². The molecule has 1 heterocycles. The summed E-state index contributed by atoms with van der Waals surface area (Å²) in [6, 6.07) is 7.23. The first-order valence-corrected chi connectivity index (χ1v) is 7.09. The fraction of sp³-hybridized carbons (Fsp3) is 0.600. The van der Waals surface area contributed by atoms with Crippen LogP contribution in [0.25, 0.3) is 0 Å². The van der Waals surface area contributed by atoms with Gasteiger partial charge in [0, 0.05) is 30.4 Å². The maximum absolute atomic E-state index is 8.82. The predicted molar refractivity (Wildman–Crippen MR) is 76.9 cm³/mol. The summed E-state index contributed by atoms with van der Waals surface area (Å²) in [6.45, 7) is 6.00. The van der Waals surface area contributed by atoms with E-state index in [0.717, 1.165) is 18.9 Å². The summed E-state index contributed by atoms with van der Waals surface area (Å²) >= 11 is 0. The molecule has 1 fully saturated rings. The lowest BCUT2D eigenvalue weighted by molar-refractivity contribution is 0.592. The van der Waals surface area contributed by atoms with E-state index in [0.29, 0.717) is 12.5 Å². The van der Waals surface area contributed by atoms with Crippen LogP contribution in [0.4, 0.5) is 5.82 Å². The van der Waals surface area contributed by atoms with Crippen LogP contribution in [0.5, 0.6) is 0 Å². The normalized spacial score (nSPS) is 15.8. The van der Waals surface area contributed by atoms with E-state index in [2.05, 4.69) is 41.2 Å². The molecule has 0 amide bonds. The van der Waals surface area contributed by atoms with Crippen molar-refractivity contribution in [1.82, 2.24) is 10.3 Å². The predicted octanol–water partition coefficient (Wildman–Crippen LogP) is 2.63. The zero-order valence-corrected chi connectivity index (χ0v) is 11.8. The highest BCUT2D eigenvalue weighted by atomic mass is 15.2. The van der Waals surface area contributed by atoms with Crippen molar-refractivity contribution in [1.29, 1.82) is 5.26 Å². The number of aromatic nitrogens is 1. The van der Waals surface area contributed by atoms with Gasteiger partial charge in [-0.15, -0.1) is 0 Å². The summed E-state index contributed by atoms with van der Waals surface area (Å²) in [6.07, 6.45) is 4.84. The number of nitriles is 1. The van der Waals surface area contributed by atoms with Gasteiger partial charge in [-0.25, -0.2) is 4.98 Å². The second-order valence-corrected chi connectivity index (χ2v) is 5.03. The minimum atomic E-state index is 0.289. The topological polar surface area (TPSA) is 52.0 Å². The Hall–Kier alpha value is -1.60. The van der Waals surface area contributed by atoms with E-state index in [-0.39, 0.29) is 6.04 Å². The zero-order chi connectivity index (χ0) is 13.7. The molecule has 4 heteroatoms. The highest BCUT2D eigenvalue weighted by molar-refractivity contribution is 5.50. The van der Waals surface area contributed by atoms with E-state index in [1.54, 1.807) is 0 Å². The molecular weight excluding hydrogens is 236 g/mol. The van der Waals surface area contributed by atoms with Crippen molar-refractivity contribution in [3.05, 3.63) is 23.9 Å². The van der Waals surface area contributed by atoms with Crippen LogP contribution in [0.3, 0.4) is 0 Å². The molecule has 0 spiro atoms. The van der Waals surface area contributed by atoms with E-state index >= 15 is 0 Å². The lowest BCUT2D eigenvalue weighted by Gasteiger charge is -2.27. The van der Waals surface area contributed by atoms with Crippen LogP contribution >= 0.6 is 0 Å². The molecule has 1 unspecified atom stereocenters. The summed E-state index contributed by atoms with van der Waals surface area (Å²) in [5, 5.41) is 12.3.